The number of nitrogens with one attached hydrogen (secondary N) is 1. The van der Waals surface area contributed by atoms with Crippen molar-refractivity contribution in [3.8, 4) is 22.5 Å². The lowest BCUT2D eigenvalue weighted by Crippen LogP contribution is -2.03. The van der Waals surface area contributed by atoms with Crippen molar-refractivity contribution in [3.63, 3.8) is 0 Å². The number of H-pyrrole nitrogens is 1. The highest BCUT2D eigenvalue weighted by Gasteiger charge is 2.21. The maximum atomic E-state index is 11.9. The number of aromatic amines is 1. The largest absolute Gasteiger partial charge is 0.380 e. The minimum atomic E-state index is -0.212. The first kappa shape index (κ1) is 13.7. The molecule has 0 amide bonds. The van der Waals surface area contributed by atoms with Crippen LogP contribution in [0.3, 0.4) is 0 Å². The van der Waals surface area contributed by atoms with Gasteiger partial charge in [0.2, 0.25) is 0 Å². The Labute approximate surface area is 129 Å². The van der Waals surface area contributed by atoms with E-state index in [9.17, 15) is 4.79 Å². The molecule has 0 unspecified atom stereocenters. The molecule has 5 nitrogen and oxygen atoms in total. The van der Waals surface area contributed by atoms with E-state index < -0.39 is 0 Å². The van der Waals surface area contributed by atoms with Crippen LogP contribution in [0.25, 0.3) is 22.5 Å². The smallest absolute Gasteiger partial charge is 0.192 e. The fourth-order valence-corrected chi connectivity index (χ4v) is 2.54. The molecule has 3 rings (SSSR count). The van der Waals surface area contributed by atoms with Gasteiger partial charge in [0.15, 0.2) is 17.0 Å². The van der Waals surface area contributed by atoms with E-state index >= 15 is 0 Å². The maximum Gasteiger partial charge on any atom is 0.192 e. The Kier molecular flexibility index (Phi) is 3.45. The number of halogens is 2. The standard InChI is InChI=1S/C14H9Cl2N3O2/c15-7-1-2-8(10(16)5-7)12-13(21-19-14(12)17)9-6-18-4-3-11(9)20/h1-6H,(H2,17,19)(H,18,20). The minimum absolute atomic E-state index is 0.150. The first-order chi connectivity index (χ1) is 10.1. The minimum Gasteiger partial charge on any atom is -0.380 e. The number of nitrogens with zero attached hydrogens (tertiary/aromatic N) is 1. The van der Waals surface area contributed by atoms with Crippen LogP contribution in [0.2, 0.25) is 10.0 Å². The predicted octanol–water partition coefficient (Wildman–Crippen LogP) is 3.59. The normalized spacial score (nSPS) is 10.8. The highest BCUT2D eigenvalue weighted by atomic mass is 35.5. The van der Waals surface area contributed by atoms with Crippen molar-refractivity contribution < 1.29 is 4.52 Å². The van der Waals surface area contributed by atoms with Gasteiger partial charge in [-0.2, -0.15) is 0 Å². The fourth-order valence-electron chi connectivity index (χ4n) is 2.03. The lowest BCUT2D eigenvalue weighted by Gasteiger charge is -2.05. The van der Waals surface area contributed by atoms with Crippen LogP contribution >= 0.6 is 23.2 Å². The Morgan fingerprint density at radius 1 is 1.19 bits per heavy atom. The van der Waals surface area contributed by atoms with E-state index in [0.717, 1.165) is 0 Å². The highest BCUT2D eigenvalue weighted by molar-refractivity contribution is 6.36. The van der Waals surface area contributed by atoms with Gasteiger partial charge in [-0.3, -0.25) is 4.79 Å². The van der Waals surface area contributed by atoms with Crippen LogP contribution < -0.4 is 11.2 Å². The van der Waals surface area contributed by atoms with Gasteiger partial charge in [0.25, 0.3) is 0 Å². The van der Waals surface area contributed by atoms with Crippen molar-refractivity contribution in [3.05, 3.63) is 56.9 Å². The number of anilines is 1. The van der Waals surface area contributed by atoms with E-state index in [1.54, 1.807) is 18.2 Å². The second-order valence-corrected chi connectivity index (χ2v) is 5.16. The number of benzene rings is 1. The third-order valence-electron chi connectivity index (χ3n) is 2.99. The summed E-state index contributed by atoms with van der Waals surface area (Å²) in [5.74, 6) is 0.413. The summed E-state index contributed by atoms with van der Waals surface area (Å²) in [7, 11) is 0. The Morgan fingerprint density at radius 2 is 2.00 bits per heavy atom. The van der Waals surface area contributed by atoms with Crippen molar-refractivity contribution in [2.75, 3.05) is 5.73 Å². The number of pyridine rings is 1. The summed E-state index contributed by atoms with van der Waals surface area (Å²) in [6.07, 6.45) is 3.05. The van der Waals surface area contributed by atoms with E-state index in [0.29, 0.717) is 26.7 Å². The van der Waals surface area contributed by atoms with Crippen LogP contribution in [0.5, 0.6) is 0 Å². The number of hydrogen-bond acceptors (Lipinski definition) is 4. The Bertz CT molecular complexity index is 871. The molecule has 0 bridgehead atoms. The van der Waals surface area contributed by atoms with E-state index in [4.69, 9.17) is 33.5 Å². The molecule has 0 aliphatic carbocycles. The molecule has 1 aromatic carbocycles. The molecule has 0 radical (unpaired) electrons. The zero-order valence-electron chi connectivity index (χ0n) is 10.6. The van der Waals surface area contributed by atoms with Crippen molar-refractivity contribution in [1.82, 2.24) is 10.1 Å². The summed E-state index contributed by atoms with van der Waals surface area (Å²) in [5, 5.41) is 4.62. The summed E-state index contributed by atoms with van der Waals surface area (Å²) in [6, 6.07) is 6.35. The summed E-state index contributed by atoms with van der Waals surface area (Å²) in [5.41, 5.74) is 7.03. The molecule has 0 saturated heterocycles. The molecule has 0 aliphatic rings. The molecule has 3 N–H and O–H groups in total. The third-order valence-corrected chi connectivity index (χ3v) is 3.54. The van der Waals surface area contributed by atoms with Gasteiger partial charge in [0.05, 0.1) is 16.1 Å². The van der Waals surface area contributed by atoms with E-state index in [2.05, 4.69) is 10.1 Å². The van der Waals surface area contributed by atoms with Crippen LogP contribution in [0.15, 0.2) is 46.0 Å². The van der Waals surface area contributed by atoms with E-state index in [1.165, 1.54) is 18.5 Å². The molecule has 0 fully saturated rings. The van der Waals surface area contributed by atoms with Crippen molar-refractivity contribution in [1.29, 1.82) is 0 Å². The molecule has 3 aromatic rings. The van der Waals surface area contributed by atoms with Crippen molar-refractivity contribution >= 4 is 29.0 Å². The Morgan fingerprint density at radius 3 is 2.71 bits per heavy atom. The second kappa shape index (κ2) is 5.27. The summed E-state index contributed by atoms with van der Waals surface area (Å²) >= 11 is 12.1. The molecular weight excluding hydrogens is 313 g/mol. The second-order valence-electron chi connectivity index (χ2n) is 4.32. The maximum absolute atomic E-state index is 11.9. The van der Waals surface area contributed by atoms with Crippen molar-refractivity contribution in [2.24, 2.45) is 0 Å². The van der Waals surface area contributed by atoms with Crippen LogP contribution in [0.4, 0.5) is 5.82 Å². The zero-order chi connectivity index (χ0) is 15.0. The van der Waals surface area contributed by atoms with Gasteiger partial charge in [0, 0.05) is 29.0 Å². The van der Waals surface area contributed by atoms with Gasteiger partial charge in [-0.1, -0.05) is 34.4 Å². The van der Waals surface area contributed by atoms with Gasteiger partial charge in [0.1, 0.15) is 0 Å². The third kappa shape index (κ3) is 2.41. The summed E-state index contributed by atoms with van der Waals surface area (Å²) in [6.45, 7) is 0. The number of rotatable bonds is 2. The lowest BCUT2D eigenvalue weighted by atomic mass is 10.0. The molecule has 21 heavy (non-hydrogen) atoms. The SMILES string of the molecule is Nc1noc(-c2c[nH]ccc2=O)c1-c1ccc(Cl)cc1Cl. The fraction of sp³-hybridized carbons (Fsp3) is 0. The molecule has 0 atom stereocenters. The van der Waals surface area contributed by atoms with Gasteiger partial charge < -0.3 is 15.2 Å². The van der Waals surface area contributed by atoms with E-state index in [-0.39, 0.29) is 17.0 Å². The molecular formula is C14H9Cl2N3O2. The van der Waals surface area contributed by atoms with Crippen LogP contribution in [-0.2, 0) is 0 Å². The highest BCUT2D eigenvalue weighted by Crippen LogP contribution is 2.39. The Hall–Kier alpha value is -2.24. The molecule has 7 heteroatoms. The predicted molar refractivity (Wildman–Crippen MR) is 82.4 cm³/mol. The van der Waals surface area contributed by atoms with Gasteiger partial charge >= 0.3 is 0 Å². The summed E-state index contributed by atoms with van der Waals surface area (Å²) < 4.78 is 5.22. The molecule has 2 aromatic heterocycles. The number of nitrogen functional groups attached to an aromatic ring is 1. The number of nitrogens with two attached hydrogens (primary N) is 1. The quantitative estimate of drug-likeness (QED) is 0.755. The zero-order valence-corrected chi connectivity index (χ0v) is 12.1. The van der Waals surface area contributed by atoms with Gasteiger partial charge in [-0.05, 0) is 12.1 Å². The monoisotopic (exact) mass is 321 g/mol. The molecule has 106 valence electrons. The van der Waals surface area contributed by atoms with Gasteiger partial charge in [-0.25, -0.2) is 0 Å². The van der Waals surface area contributed by atoms with E-state index in [1.807, 2.05) is 0 Å². The first-order valence-electron chi connectivity index (χ1n) is 5.96. The Balaban J connectivity index is 2.28. The molecule has 2 heterocycles. The lowest BCUT2D eigenvalue weighted by molar-refractivity contribution is 0.435. The first-order valence-corrected chi connectivity index (χ1v) is 6.71. The van der Waals surface area contributed by atoms with Crippen molar-refractivity contribution in [2.45, 2.75) is 0 Å². The van der Waals surface area contributed by atoms with Crippen LogP contribution in [0, 0.1) is 0 Å². The van der Waals surface area contributed by atoms with Crippen LogP contribution in [0.1, 0.15) is 0 Å². The molecule has 0 spiro atoms. The molecule has 0 aliphatic heterocycles. The number of aromatic nitrogens is 2. The average molecular weight is 322 g/mol. The average Bonchev–Trinajstić information content (AvgIpc) is 2.81. The summed E-state index contributed by atoms with van der Waals surface area (Å²) in [4.78, 5) is 14.8. The topological polar surface area (TPSA) is 84.9 Å². The molecule has 0 saturated carbocycles. The van der Waals surface area contributed by atoms with Gasteiger partial charge in [-0.15, -0.1) is 0 Å². The van der Waals surface area contributed by atoms with Crippen LogP contribution in [-0.4, -0.2) is 10.1 Å². The number of hydrogen-bond donors (Lipinski definition) is 2.